The fraction of sp³-hybridized carbons (Fsp3) is 0.474. The van der Waals surface area contributed by atoms with E-state index in [1.54, 1.807) is 31.4 Å². The van der Waals surface area contributed by atoms with Gasteiger partial charge in [-0.3, -0.25) is 4.79 Å². The number of unbranched alkanes of at least 4 members (excludes halogenated alkanes) is 1. The van der Waals surface area contributed by atoms with Gasteiger partial charge in [0, 0.05) is 6.04 Å². The minimum absolute atomic E-state index is 0.0260. The summed E-state index contributed by atoms with van der Waals surface area (Å²) in [6.45, 7) is 6.60. The van der Waals surface area contributed by atoms with Crippen molar-refractivity contribution in [3.05, 3.63) is 29.3 Å². The first-order valence-electron chi connectivity index (χ1n) is 8.29. The summed E-state index contributed by atoms with van der Waals surface area (Å²) in [6.07, 6.45) is 4.39. The molecule has 1 aromatic carbocycles. The quantitative estimate of drug-likeness (QED) is 0.426. The van der Waals surface area contributed by atoms with Crippen molar-refractivity contribution in [2.45, 2.75) is 46.1 Å². The number of hydrogen-bond acceptors (Lipinski definition) is 4. The summed E-state index contributed by atoms with van der Waals surface area (Å²) in [4.78, 5) is 12.1. The number of ether oxygens (including phenoxy) is 2. The summed E-state index contributed by atoms with van der Waals surface area (Å²) in [5, 5.41) is 12.0. The zero-order valence-corrected chi connectivity index (χ0v) is 14.9. The van der Waals surface area contributed by atoms with Gasteiger partial charge in [0.25, 0.3) is 5.91 Å². The normalized spacial score (nSPS) is 12.2. The molecule has 0 saturated heterocycles. The van der Waals surface area contributed by atoms with Crippen LogP contribution < -0.4 is 14.8 Å². The van der Waals surface area contributed by atoms with Crippen molar-refractivity contribution in [3.63, 3.8) is 0 Å². The smallest absolute Gasteiger partial charge is 0.262 e. The number of nitrogens with zero attached hydrogens (tertiary/aromatic N) is 1. The molecule has 0 aliphatic heterocycles. The zero-order valence-electron chi connectivity index (χ0n) is 14.9. The first-order valence-corrected chi connectivity index (χ1v) is 8.29. The zero-order chi connectivity index (χ0) is 17.9. The standard InChI is InChI=1S/C19H26N2O3/c1-5-7-10-24-17-9-8-15(12-18(17)23-4)11-16(13-20)19(22)21-14(3)6-2/h8-9,11-12,14H,5-7,10H2,1-4H3,(H,21,22)/b16-11+/t14-/m1/s1. The molecule has 24 heavy (non-hydrogen) atoms. The predicted octanol–water partition coefficient (Wildman–Crippen LogP) is 3.70. The van der Waals surface area contributed by atoms with Crippen molar-refractivity contribution in [2.75, 3.05) is 13.7 Å². The van der Waals surface area contributed by atoms with E-state index in [0.29, 0.717) is 23.7 Å². The highest BCUT2D eigenvalue weighted by molar-refractivity contribution is 6.01. The van der Waals surface area contributed by atoms with Crippen LogP contribution in [0.25, 0.3) is 6.08 Å². The Morgan fingerprint density at radius 1 is 1.38 bits per heavy atom. The molecule has 5 heteroatoms. The molecule has 0 saturated carbocycles. The second-order valence-corrected chi connectivity index (χ2v) is 5.56. The fourth-order valence-electron chi connectivity index (χ4n) is 1.94. The van der Waals surface area contributed by atoms with Gasteiger partial charge < -0.3 is 14.8 Å². The molecule has 0 radical (unpaired) electrons. The summed E-state index contributed by atoms with van der Waals surface area (Å²) in [5.74, 6) is 0.874. The lowest BCUT2D eigenvalue weighted by molar-refractivity contribution is -0.117. The molecule has 0 heterocycles. The number of nitriles is 1. The van der Waals surface area contributed by atoms with Crippen LogP contribution in [0.1, 0.15) is 45.6 Å². The summed E-state index contributed by atoms with van der Waals surface area (Å²) in [5.41, 5.74) is 0.780. The SMILES string of the molecule is CCCCOc1ccc(/C=C(\C#N)C(=O)N[C@H](C)CC)cc1OC. The van der Waals surface area contributed by atoms with E-state index in [1.807, 2.05) is 19.9 Å². The van der Waals surface area contributed by atoms with Gasteiger partial charge in [-0.05, 0) is 43.5 Å². The highest BCUT2D eigenvalue weighted by atomic mass is 16.5. The number of carbonyl (C=O) groups excluding carboxylic acids is 1. The fourth-order valence-corrected chi connectivity index (χ4v) is 1.94. The molecule has 0 aliphatic rings. The van der Waals surface area contributed by atoms with E-state index >= 15 is 0 Å². The Bertz CT molecular complexity index is 618. The average Bonchev–Trinajstić information content (AvgIpc) is 2.60. The first kappa shape index (κ1) is 19.6. The largest absolute Gasteiger partial charge is 0.493 e. The number of hydrogen-bond donors (Lipinski definition) is 1. The van der Waals surface area contributed by atoms with Crippen LogP contribution in [0.4, 0.5) is 0 Å². The van der Waals surface area contributed by atoms with Crippen LogP contribution in [-0.4, -0.2) is 25.7 Å². The van der Waals surface area contributed by atoms with Gasteiger partial charge in [-0.25, -0.2) is 0 Å². The number of amides is 1. The molecule has 0 aromatic heterocycles. The maximum Gasteiger partial charge on any atom is 0.262 e. The number of carbonyl (C=O) groups is 1. The summed E-state index contributed by atoms with van der Waals surface area (Å²) >= 11 is 0. The van der Waals surface area contributed by atoms with Crippen LogP contribution in [0.5, 0.6) is 11.5 Å². The highest BCUT2D eigenvalue weighted by Gasteiger charge is 2.12. The van der Waals surface area contributed by atoms with Gasteiger partial charge in [0.1, 0.15) is 11.6 Å². The molecule has 0 bridgehead atoms. The predicted molar refractivity (Wildman–Crippen MR) is 94.9 cm³/mol. The third-order valence-corrected chi connectivity index (χ3v) is 3.61. The van der Waals surface area contributed by atoms with Crippen molar-refractivity contribution in [1.82, 2.24) is 5.32 Å². The lowest BCUT2D eigenvalue weighted by Crippen LogP contribution is -2.32. The molecule has 1 N–H and O–H groups in total. The highest BCUT2D eigenvalue weighted by Crippen LogP contribution is 2.29. The Morgan fingerprint density at radius 3 is 2.71 bits per heavy atom. The minimum Gasteiger partial charge on any atom is -0.493 e. The maximum absolute atomic E-state index is 12.1. The van der Waals surface area contributed by atoms with E-state index in [9.17, 15) is 10.1 Å². The monoisotopic (exact) mass is 330 g/mol. The van der Waals surface area contributed by atoms with E-state index in [4.69, 9.17) is 9.47 Å². The van der Waals surface area contributed by atoms with E-state index in [2.05, 4.69) is 12.2 Å². The van der Waals surface area contributed by atoms with Crippen molar-refractivity contribution in [1.29, 1.82) is 5.26 Å². The lowest BCUT2D eigenvalue weighted by Gasteiger charge is -2.12. The molecule has 130 valence electrons. The van der Waals surface area contributed by atoms with E-state index in [1.165, 1.54) is 0 Å². The van der Waals surface area contributed by atoms with Crippen molar-refractivity contribution in [2.24, 2.45) is 0 Å². The molecule has 1 amide bonds. The van der Waals surface area contributed by atoms with Crippen molar-refractivity contribution < 1.29 is 14.3 Å². The van der Waals surface area contributed by atoms with Gasteiger partial charge in [-0.2, -0.15) is 5.26 Å². The molecule has 1 atom stereocenters. The maximum atomic E-state index is 12.1. The van der Waals surface area contributed by atoms with Gasteiger partial charge in [0.15, 0.2) is 11.5 Å². The van der Waals surface area contributed by atoms with Crippen molar-refractivity contribution >= 4 is 12.0 Å². The Kier molecular flexibility index (Phi) is 8.42. The second-order valence-electron chi connectivity index (χ2n) is 5.56. The van der Waals surface area contributed by atoms with Crippen LogP contribution in [0, 0.1) is 11.3 Å². The minimum atomic E-state index is -0.367. The summed E-state index contributed by atoms with van der Waals surface area (Å²) in [7, 11) is 1.57. The van der Waals surface area contributed by atoms with E-state index < -0.39 is 0 Å². The molecule has 0 fully saturated rings. The van der Waals surface area contributed by atoms with Gasteiger partial charge >= 0.3 is 0 Å². The first-order chi connectivity index (χ1) is 11.5. The van der Waals surface area contributed by atoms with Crippen LogP contribution in [0.2, 0.25) is 0 Å². The molecular formula is C19H26N2O3. The number of rotatable bonds is 9. The van der Waals surface area contributed by atoms with Crippen molar-refractivity contribution in [3.8, 4) is 17.6 Å². The van der Waals surface area contributed by atoms with Gasteiger partial charge in [-0.15, -0.1) is 0 Å². The Hall–Kier alpha value is -2.48. The number of nitrogens with one attached hydrogen (secondary N) is 1. The second kappa shape index (κ2) is 10.3. The summed E-state index contributed by atoms with van der Waals surface area (Å²) in [6, 6.07) is 7.33. The Labute approximate surface area is 144 Å². The van der Waals surface area contributed by atoms with Gasteiger partial charge in [0.2, 0.25) is 0 Å². The molecule has 0 spiro atoms. The van der Waals surface area contributed by atoms with Gasteiger partial charge in [0.05, 0.1) is 13.7 Å². The average molecular weight is 330 g/mol. The number of methoxy groups -OCH3 is 1. The van der Waals surface area contributed by atoms with Crippen LogP contribution in [-0.2, 0) is 4.79 Å². The third-order valence-electron chi connectivity index (χ3n) is 3.61. The van der Waals surface area contributed by atoms with Gasteiger partial charge in [-0.1, -0.05) is 26.3 Å². The molecule has 0 unspecified atom stereocenters. The van der Waals surface area contributed by atoms with Crippen LogP contribution in [0.15, 0.2) is 23.8 Å². The molecule has 1 rings (SSSR count). The molecule has 5 nitrogen and oxygen atoms in total. The number of benzene rings is 1. The van der Waals surface area contributed by atoms with Crippen LogP contribution in [0.3, 0.4) is 0 Å². The van der Waals surface area contributed by atoms with E-state index in [-0.39, 0.29) is 17.5 Å². The van der Waals surface area contributed by atoms with E-state index in [0.717, 1.165) is 19.3 Å². The van der Waals surface area contributed by atoms with Crippen LogP contribution >= 0.6 is 0 Å². The molecule has 0 aliphatic carbocycles. The topological polar surface area (TPSA) is 71.3 Å². The Morgan fingerprint density at radius 2 is 2.12 bits per heavy atom. The summed E-state index contributed by atoms with van der Waals surface area (Å²) < 4.78 is 11.0. The lowest BCUT2D eigenvalue weighted by atomic mass is 10.1. The molecular weight excluding hydrogens is 304 g/mol. The Balaban J connectivity index is 2.95. The molecule has 1 aromatic rings. The third kappa shape index (κ3) is 5.96.